The lowest BCUT2D eigenvalue weighted by Gasteiger charge is -2.25. The van der Waals surface area contributed by atoms with Crippen molar-refractivity contribution in [1.82, 2.24) is 0 Å². The number of ketones is 1. The Labute approximate surface area is 199 Å². The van der Waals surface area contributed by atoms with Crippen molar-refractivity contribution >= 4 is 57.7 Å². The first-order valence-corrected chi connectivity index (χ1v) is 11.5. The number of amides is 1. The Morgan fingerprint density at radius 1 is 1.16 bits per heavy atom. The van der Waals surface area contributed by atoms with Crippen molar-refractivity contribution < 1.29 is 19.4 Å². The molecule has 0 aliphatic carbocycles. The van der Waals surface area contributed by atoms with E-state index in [0.717, 1.165) is 10.4 Å². The van der Waals surface area contributed by atoms with Gasteiger partial charge in [-0.25, -0.2) is 0 Å². The zero-order valence-electron chi connectivity index (χ0n) is 17.3. The Morgan fingerprint density at radius 2 is 1.94 bits per heavy atom. The summed E-state index contributed by atoms with van der Waals surface area (Å²) >= 11 is 13.7. The van der Waals surface area contributed by atoms with E-state index in [0.29, 0.717) is 33.7 Å². The molecule has 1 unspecified atom stereocenters. The van der Waals surface area contributed by atoms with Crippen LogP contribution in [0, 0.1) is 6.92 Å². The molecule has 5 nitrogen and oxygen atoms in total. The minimum atomic E-state index is -0.777. The molecule has 2 heterocycles. The summed E-state index contributed by atoms with van der Waals surface area (Å²) in [5, 5.41) is 14.0. The van der Waals surface area contributed by atoms with Crippen LogP contribution in [0.15, 0.2) is 59.5 Å². The van der Waals surface area contributed by atoms with Crippen LogP contribution >= 0.6 is 34.5 Å². The lowest BCUT2D eigenvalue weighted by atomic mass is 9.99. The minimum Gasteiger partial charge on any atom is -0.507 e. The number of aliphatic hydroxyl groups is 1. The standard InChI is InChI=1S/C24H19Cl2NO4S/c1-3-31-18-12-14(6-8-16(18)26)22(28)20-21(19-5-4-10-32-19)27(24(30)23(20)29)17-9-7-15(25)11-13(17)2/h4-12,21,28H,3H2,1-2H3/b22-20-. The molecule has 1 atom stereocenters. The van der Waals surface area contributed by atoms with Gasteiger partial charge in [-0.2, -0.15) is 0 Å². The number of Topliss-reactive ketones (excluding diaryl/α,β-unsaturated/α-hetero) is 1. The molecule has 1 N–H and O–H groups in total. The first-order valence-electron chi connectivity index (χ1n) is 9.86. The summed E-state index contributed by atoms with van der Waals surface area (Å²) in [5.74, 6) is -1.38. The third kappa shape index (κ3) is 3.90. The van der Waals surface area contributed by atoms with Crippen molar-refractivity contribution in [2.45, 2.75) is 19.9 Å². The molecule has 1 saturated heterocycles. The van der Waals surface area contributed by atoms with E-state index < -0.39 is 17.7 Å². The number of aliphatic hydroxyl groups excluding tert-OH is 1. The van der Waals surface area contributed by atoms with Crippen molar-refractivity contribution in [1.29, 1.82) is 0 Å². The van der Waals surface area contributed by atoms with E-state index in [4.69, 9.17) is 27.9 Å². The number of nitrogens with zero attached hydrogens (tertiary/aromatic N) is 1. The number of aryl methyl sites for hydroxylation is 1. The number of thiophene rings is 1. The molecule has 0 bridgehead atoms. The highest BCUT2D eigenvalue weighted by atomic mass is 35.5. The first kappa shape index (κ1) is 22.4. The van der Waals surface area contributed by atoms with Gasteiger partial charge in [0.25, 0.3) is 11.7 Å². The van der Waals surface area contributed by atoms with Gasteiger partial charge in [0.1, 0.15) is 17.6 Å². The smallest absolute Gasteiger partial charge is 0.300 e. The van der Waals surface area contributed by atoms with Crippen molar-refractivity contribution in [3.05, 3.63) is 85.5 Å². The van der Waals surface area contributed by atoms with Gasteiger partial charge in [-0.3, -0.25) is 14.5 Å². The molecule has 1 aliphatic rings. The molecule has 4 rings (SSSR count). The fraction of sp³-hybridized carbons (Fsp3) is 0.167. The normalized spacial score (nSPS) is 17.8. The molecule has 0 saturated carbocycles. The first-order chi connectivity index (χ1) is 15.3. The number of hydrogen-bond acceptors (Lipinski definition) is 5. The van der Waals surface area contributed by atoms with Gasteiger partial charge in [-0.1, -0.05) is 29.3 Å². The van der Waals surface area contributed by atoms with Crippen LogP contribution in [0.2, 0.25) is 10.0 Å². The summed E-state index contributed by atoms with van der Waals surface area (Å²) in [6.07, 6.45) is 0. The Bertz CT molecular complexity index is 1240. The second-order valence-corrected chi connectivity index (χ2v) is 9.02. The number of carbonyl (C=O) groups is 2. The van der Waals surface area contributed by atoms with E-state index in [1.165, 1.54) is 16.2 Å². The molecule has 1 aliphatic heterocycles. The predicted octanol–water partition coefficient (Wildman–Crippen LogP) is 6.39. The van der Waals surface area contributed by atoms with Crippen LogP contribution in [0.1, 0.15) is 29.0 Å². The maximum absolute atomic E-state index is 13.2. The van der Waals surface area contributed by atoms with E-state index in [-0.39, 0.29) is 11.3 Å². The Hall–Kier alpha value is -2.80. The van der Waals surface area contributed by atoms with Crippen LogP contribution in [0.4, 0.5) is 5.69 Å². The van der Waals surface area contributed by atoms with Crippen LogP contribution in [-0.2, 0) is 9.59 Å². The molecular formula is C24H19Cl2NO4S. The number of halogens is 2. The lowest BCUT2D eigenvalue weighted by molar-refractivity contribution is -0.132. The molecule has 164 valence electrons. The van der Waals surface area contributed by atoms with Gasteiger partial charge in [0.15, 0.2) is 0 Å². The van der Waals surface area contributed by atoms with Gasteiger partial charge in [-0.05, 0) is 67.3 Å². The molecule has 1 aromatic heterocycles. The van der Waals surface area contributed by atoms with E-state index >= 15 is 0 Å². The van der Waals surface area contributed by atoms with Crippen LogP contribution < -0.4 is 9.64 Å². The maximum atomic E-state index is 13.2. The third-order valence-corrected chi connectivity index (χ3v) is 6.65. The van der Waals surface area contributed by atoms with Gasteiger partial charge in [0.2, 0.25) is 0 Å². The summed E-state index contributed by atoms with van der Waals surface area (Å²) < 4.78 is 5.52. The Kier molecular flexibility index (Phi) is 6.29. The topological polar surface area (TPSA) is 66.8 Å². The molecular weight excluding hydrogens is 469 g/mol. The Balaban J connectivity index is 1.92. The molecule has 1 fully saturated rings. The average Bonchev–Trinajstić information content (AvgIpc) is 3.37. The quantitative estimate of drug-likeness (QED) is 0.257. The fourth-order valence-corrected chi connectivity index (χ4v) is 4.98. The van der Waals surface area contributed by atoms with Gasteiger partial charge in [-0.15, -0.1) is 11.3 Å². The number of hydrogen-bond donors (Lipinski definition) is 1. The number of ether oxygens (including phenoxy) is 1. The van der Waals surface area contributed by atoms with Gasteiger partial charge in [0, 0.05) is 21.2 Å². The second kappa shape index (κ2) is 8.98. The van der Waals surface area contributed by atoms with E-state index in [1.54, 1.807) is 36.4 Å². The van der Waals surface area contributed by atoms with Gasteiger partial charge < -0.3 is 9.84 Å². The monoisotopic (exact) mass is 487 g/mol. The molecule has 0 spiro atoms. The second-order valence-electron chi connectivity index (χ2n) is 7.19. The third-order valence-electron chi connectivity index (χ3n) is 5.18. The van der Waals surface area contributed by atoms with Crippen molar-refractivity contribution in [3.63, 3.8) is 0 Å². The largest absolute Gasteiger partial charge is 0.507 e. The van der Waals surface area contributed by atoms with Gasteiger partial charge in [0.05, 0.1) is 17.2 Å². The fourth-order valence-electron chi connectivity index (χ4n) is 3.76. The molecule has 8 heteroatoms. The maximum Gasteiger partial charge on any atom is 0.300 e. The summed E-state index contributed by atoms with van der Waals surface area (Å²) in [6.45, 7) is 4.03. The highest BCUT2D eigenvalue weighted by Crippen LogP contribution is 2.45. The lowest BCUT2D eigenvalue weighted by Crippen LogP contribution is -2.29. The molecule has 0 radical (unpaired) electrons. The molecule has 32 heavy (non-hydrogen) atoms. The summed E-state index contributed by atoms with van der Waals surface area (Å²) in [6, 6.07) is 12.7. The molecule has 2 aromatic carbocycles. The van der Waals surface area contributed by atoms with Crippen LogP contribution in [0.25, 0.3) is 5.76 Å². The van der Waals surface area contributed by atoms with Crippen molar-refractivity contribution in [3.8, 4) is 5.75 Å². The van der Waals surface area contributed by atoms with Gasteiger partial charge >= 0.3 is 0 Å². The van der Waals surface area contributed by atoms with Crippen LogP contribution in [0.5, 0.6) is 5.75 Å². The van der Waals surface area contributed by atoms with Crippen LogP contribution in [0.3, 0.4) is 0 Å². The molecule has 3 aromatic rings. The highest BCUT2D eigenvalue weighted by molar-refractivity contribution is 7.10. The number of carbonyl (C=O) groups excluding carboxylic acids is 2. The van der Waals surface area contributed by atoms with E-state index in [9.17, 15) is 14.7 Å². The summed E-state index contributed by atoms with van der Waals surface area (Å²) in [7, 11) is 0. The number of benzene rings is 2. The minimum absolute atomic E-state index is 0.0107. The summed E-state index contributed by atoms with van der Waals surface area (Å²) in [5.41, 5.74) is 1.65. The average molecular weight is 488 g/mol. The van der Waals surface area contributed by atoms with E-state index in [2.05, 4.69) is 0 Å². The number of anilines is 1. The molecule has 1 amide bonds. The highest BCUT2D eigenvalue weighted by Gasteiger charge is 2.47. The number of rotatable bonds is 5. The van der Waals surface area contributed by atoms with Crippen LogP contribution in [-0.4, -0.2) is 23.4 Å². The van der Waals surface area contributed by atoms with Crippen molar-refractivity contribution in [2.75, 3.05) is 11.5 Å². The zero-order chi connectivity index (χ0) is 23.0. The Morgan fingerprint density at radius 3 is 2.59 bits per heavy atom. The van der Waals surface area contributed by atoms with Crippen molar-refractivity contribution in [2.24, 2.45) is 0 Å². The van der Waals surface area contributed by atoms with E-state index in [1.807, 2.05) is 31.4 Å². The predicted molar refractivity (Wildman–Crippen MR) is 128 cm³/mol. The SMILES string of the molecule is CCOc1cc(/C(O)=C2/C(=O)C(=O)N(c3ccc(Cl)cc3C)C2c2cccs2)ccc1Cl. The zero-order valence-corrected chi connectivity index (χ0v) is 19.6. The summed E-state index contributed by atoms with van der Waals surface area (Å²) in [4.78, 5) is 28.5.